The molecular weight excluding hydrogens is 685 g/mol. The quantitative estimate of drug-likeness (QED) is 0.172. The first-order valence-corrected chi connectivity index (χ1v) is 18.8. The van der Waals surface area contributed by atoms with Crippen LogP contribution >= 0.6 is 0 Å². The first-order chi connectivity index (χ1) is 27.8. The van der Waals surface area contributed by atoms with E-state index < -0.39 is 0 Å². The molecule has 0 fully saturated rings. The van der Waals surface area contributed by atoms with E-state index >= 15 is 0 Å². The van der Waals surface area contributed by atoms with Crippen LogP contribution in [0, 0.1) is 0 Å². The van der Waals surface area contributed by atoms with Crippen molar-refractivity contribution < 1.29 is 4.42 Å². The Kier molecular flexibility index (Phi) is 7.42. The predicted molar refractivity (Wildman–Crippen MR) is 229 cm³/mol. The van der Waals surface area contributed by atoms with E-state index in [4.69, 9.17) is 19.4 Å². The molecule has 0 spiro atoms. The summed E-state index contributed by atoms with van der Waals surface area (Å²) in [5, 5.41) is 3.32. The number of rotatable bonds is 6. The number of para-hydroxylation sites is 3. The molecule has 4 aromatic heterocycles. The standard InChI is InChI=1S/C51H32N4O/c1-4-16-33(17-5-1)37-31-42(34-18-6-2-7-19-34)52-43(32-37)36-28-29-46(55-44-25-13-10-22-38(44)39-23-11-14-26-45(39)55)41(30-36)51-53-48(35-20-8-3-9-21-35)50-49(54-51)40-24-12-15-27-47(40)56-50/h1-32H. The average molecular weight is 717 g/mol. The zero-order chi connectivity index (χ0) is 37.0. The molecule has 0 aliphatic heterocycles. The van der Waals surface area contributed by atoms with Crippen LogP contribution in [0.25, 0.3) is 106 Å². The molecule has 0 saturated carbocycles. The molecule has 0 N–H and O–H groups in total. The Balaban J connectivity index is 1.23. The van der Waals surface area contributed by atoms with E-state index in [1.54, 1.807) is 0 Å². The van der Waals surface area contributed by atoms with Gasteiger partial charge in [-0.05, 0) is 59.7 Å². The van der Waals surface area contributed by atoms with Crippen molar-refractivity contribution in [3.8, 4) is 62.0 Å². The van der Waals surface area contributed by atoms with Crippen molar-refractivity contribution in [2.75, 3.05) is 0 Å². The maximum atomic E-state index is 6.51. The van der Waals surface area contributed by atoms with E-state index in [1.165, 1.54) is 10.8 Å². The van der Waals surface area contributed by atoms with Crippen LogP contribution < -0.4 is 0 Å². The van der Waals surface area contributed by atoms with Crippen molar-refractivity contribution in [2.24, 2.45) is 0 Å². The summed E-state index contributed by atoms with van der Waals surface area (Å²) in [5.74, 6) is 0.601. The third kappa shape index (κ3) is 5.29. The van der Waals surface area contributed by atoms with Gasteiger partial charge < -0.3 is 8.98 Å². The Hall–Kier alpha value is -7.63. The van der Waals surface area contributed by atoms with Crippen molar-refractivity contribution in [2.45, 2.75) is 0 Å². The van der Waals surface area contributed by atoms with Gasteiger partial charge in [-0.25, -0.2) is 15.0 Å². The highest BCUT2D eigenvalue weighted by molar-refractivity contribution is 6.10. The minimum Gasteiger partial charge on any atom is -0.452 e. The number of benzene rings is 7. The van der Waals surface area contributed by atoms with Gasteiger partial charge in [-0.3, -0.25) is 0 Å². The lowest BCUT2D eigenvalue weighted by atomic mass is 9.98. The molecule has 262 valence electrons. The third-order valence-corrected chi connectivity index (χ3v) is 10.6. The van der Waals surface area contributed by atoms with Crippen molar-refractivity contribution in [3.05, 3.63) is 194 Å². The van der Waals surface area contributed by atoms with Gasteiger partial charge in [0.25, 0.3) is 0 Å². The Bertz CT molecular complexity index is 3130. The second-order valence-corrected chi connectivity index (χ2v) is 14.0. The average Bonchev–Trinajstić information content (AvgIpc) is 3.82. The molecule has 4 heterocycles. The van der Waals surface area contributed by atoms with Crippen LogP contribution in [-0.2, 0) is 0 Å². The van der Waals surface area contributed by atoms with Crippen LogP contribution in [0.1, 0.15) is 0 Å². The van der Waals surface area contributed by atoms with E-state index in [-0.39, 0.29) is 0 Å². The summed E-state index contributed by atoms with van der Waals surface area (Å²) in [6.07, 6.45) is 0. The summed E-state index contributed by atoms with van der Waals surface area (Å²) in [6.45, 7) is 0. The molecule has 5 heteroatoms. The van der Waals surface area contributed by atoms with Gasteiger partial charge >= 0.3 is 0 Å². The van der Waals surface area contributed by atoms with Gasteiger partial charge in [0.2, 0.25) is 0 Å². The second-order valence-electron chi connectivity index (χ2n) is 14.0. The molecule has 11 rings (SSSR count). The maximum absolute atomic E-state index is 6.51. The summed E-state index contributed by atoms with van der Waals surface area (Å²) >= 11 is 0. The molecule has 0 radical (unpaired) electrons. The van der Waals surface area contributed by atoms with Gasteiger partial charge in [0.15, 0.2) is 11.4 Å². The van der Waals surface area contributed by atoms with Gasteiger partial charge in [-0.15, -0.1) is 0 Å². The van der Waals surface area contributed by atoms with Gasteiger partial charge in [0, 0.05) is 38.4 Å². The molecule has 0 aliphatic rings. The number of hydrogen-bond donors (Lipinski definition) is 0. The van der Waals surface area contributed by atoms with Crippen molar-refractivity contribution >= 4 is 43.9 Å². The molecule has 0 saturated heterocycles. The summed E-state index contributed by atoms with van der Waals surface area (Å²) in [5.41, 5.74) is 14.0. The van der Waals surface area contributed by atoms with Gasteiger partial charge in [0.1, 0.15) is 16.8 Å². The summed E-state index contributed by atoms with van der Waals surface area (Å²) < 4.78 is 8.85. The van der Waals surface area contributed by atoms with E-state index in [9.17, 15) is 0 Å². The van der Waals surface area contributed by atoms with Crippen LogP contribution in [0.15, 0.2) is 199 Å². The number of pyridine rings is 1. The topological polar surface area (TPSA) is 56.7 Å². The number of fused-ring (bicyclic) bond motifs is 6. The molecule has 0 bridgehead atoms. The molecule has 0 unspecified atom stereocenters. The number of furan rings is 1. The van der Waals surface area contributed by atoms with Crippen LogP contribution in [-0.4, -0.2) is 19.5 Å². The summed E-state index contributed by atoms with van der Waals surface area (Å²) in [7, 11) is 0. The lowest BCUT2D eigenvalue weighted by molar-refractivity contribution is 0.667. The summed E-state index contributed by atoms with van der Waals surface area (Å²) in [4.78, 5) is 16.1. The fourth-order valence-electron chi connectivity index (χ4n) is 7.99. The third-order valence-electron chi connectivity index (χ3n) is 10.6. The molecule has 0 amide bonds. The molecule has 0 atom stereocenters. The predicted octanol–water partition coefficient (Wildman–Crippen LogP) is 13.2. The lowest BCUT2D eigenvalue weighted by Crippen LogP contribution is -2.02. The highest BCUT2D eigenvalue weighted by Gasteiger charge is 2.23. The Labute approximate surface area is 322 Å². The molecule has 5 nitrogen and oxygen atoms in total. The largest absolute Gasteiger partial charge is 0.452 e. The smallest absolute Gasteiger partial charge is 0.180 e. The minimum absolute atomic E-state index is 0.601. The Morgan fingerprint density at radius 3 is 1.62 bits per heavy atom. The Morgan fingerprint density at radius 1 is 0.393 bits per heavy atom. The van der Waals surface area contributed by atoms with E-state index in [1.807, 2.05) is 48.5 Å². The second kappa shape index (κ2) is 13.0. The normalized spacial score (nSPS) is 11.6. The fourth-order valence-corrected chi connectivity index (χ4v) is 7.99. The first-order valence-electron chi connectivity index (χ1n) is 18.8. The maximum Gasteiger partial charge on any atom is 0.180 e. The van der Waals surface area contributed by atoms with E-state index in [0.717, 1.165) is 83.7 Å². The molecular formula is C51H32N4O. The van der Waals surface area contributed by atoms with Crippen LogP contribution in [0.4, 0.5) is 0 Å². The number of aromatic nitrogens is 4. The highest BCUT2D eigenvalue weighted by atomic mass is 16.3. The molecule has 56 heavy (non-hydrogen) atoms. The van der Waals surface area contributed by atoms with Gasteiger partial charge in [0.05, 0.1) is 28.1 Å². The van der Waals surface area contributed by atoms with Crippen molar-refractivity contribution in [1.82, 2.24) is 19.5 Å². The number of hydrogen-bond acceptors (Lipinski definition) is 4. The zero-order valence-corrected chi connectivity index (χ0v) is 30.2. The number of nitrogens with zero attached hydrogens (tertiary/aromatic N) is 4. The van der Waals surface area contributed by atoms with Crippen molar-refractivity contribution in [1.29, 1.82) is 0 Å². The monoisotopic (exact) mass is 716 g/mol. The molecule has 11 aromatic rings. The van der Waals surface area contributed by atoms with Crippen LogP contribution in [0.5, 0.6) is 0 Å². The van der Waals surface area contributed by atoms with Crippen LogP contribution in [0.2, 0.25) is 0 Å². The van der Waals surface area contributed by atoms with E-state index in [2.05, 4.69) is 150 Å². The zero-order valence-electron chi connectivity index (χ0n) is 30.2. The lowest BCUT2D eigenvalue weighted by Gasteiger charge is -2.16. The van der Waals surface area contributed by atoms with Crippen LogP contribution in [0.3, 0.4) is 0 Å². The SMILES string of the molecule is c1ccc(-c2cc(-c3ccccc3)nc(-c3ccc(-n4c5ccccc5c5ccccc54)c(-c4nc(-c5ccccc5)c5oc6ccccc6c5n4)c3)c2)cc1. The summed E-state index contributed by atoms with van der Waals surface area (Å²) in [6, 6.07) is 67.3. The van der Waals surface area contributed by atoms with E-state index in [0.29, 0.717) is 11.4 Å². The first kappa shape index (κ1) is 31.9. The molecule has 0 aliphatic carbocycles. The fraction of sp³-hybridized carbons (Fsp3) is 0. The van der Waals surface area contributed by atoms with Crippen molar-refractivity contribution in [3.63, 3.8) is 0 Å². The highest BCUT2D eigenvalue weighted by Crippen LogP contribution is 2.41. The minimum atomic E-state index is 0.601. The molecule has 7 aromatic carbocycles. The Morgan fingerprint density at radius 2 is 0.946 bits per heavy atom. The van der Waals surface area contributed by atoms with Gasteiger partial charge in [-0.2, -0.15) is 0 Å². The van der Waals surface area contributed by atoms with Gasteiger partial charge in [-0.1, -0.05) is 146 Å².